The number of nitrogens with one attached hydrogen (secondary N) is 2. The van der Waals surface area contributed by atoms with Crippen molar-refractivity contribution < 1.29 is 0 Å². The van der Waals surface area contributed by atoms with E-state index in [2.05, 4.69) is 20.7 Å². The first kappa shape index (κ1) is 11.5. The van der Waals surface area contributed by atoms with Gasteiger partial charge in [0.1, 0.15) is 6.33 Å². The number of rotatable bonds is 5. The van der Waals surface area contributed by atoms with Crippen molar-refractivity contribution in [3.8, 4) is 0 Å². The number of piperidine rings is 1. The molecule has 5 nitrogen and oxygen atoms in total. The Morgan fingerprint density at radius 1 is 1.56 bits per heavy atom. The standard InChI is InChI=1S/C11H21N5/c1-16-9-14-11(15-16)5-7-12-8-10-4-2-3-6-13-10/h9-10,12-13H,2-8H2,1H3. The van der Waals surface area contributed by atoms with E-state index in [1.807, 2.05) is 7.05 Å². The minimum Gasteiger partial charge on any atom is -0.315 e. The maximum Gasteiger partial charge on any atom is 0.151 e. The molecule has 16 heavy (non-hydrogen) atoms. The van der Waals surface area contributed by atoms with E-state index in [4.69, 9.17) is 0 Å². The third-order valence-electron chi connectivity index (χ3n) is 2.98. The van der Waals surface area contributed by atoms with E-state index in [1.54, 1.807) is 11.0 Å². The SMILES string of the molecule is Cn1cnc(CCNCC2CCCCN2)n1. The van der Waals surface area contributed by atoms with Gasteiger partial charge in [0.15, 0.2) is 5.82 Å². The number of nitrogens with zero attached hydrogens (tertiary/aromatic N) is 3. The summed E-state index contributed by atoms with van der Waals surface area (Å²) < 4.78 is 1.75. The summed E-state index contributed by atoms with van der Waals surface area (Å²) in [5, 5.41) is 11.2. The van der Waals surface area contributed by atoms with E-state index in [9.17, 15) is 0 Å². The maximum absolute atomic E-state index is 4.24. The summed E-state index contributed by atoms with van der Waals surface area (Å²) in [5.41, 5.74) is 0. The zero-order valence-corrected chi connectivity index (χ0v) is 9.95. The lowest BCUT2D eigenvalue weighted by Crippen LogP contribution is -2.42. The van der Waals surface area contributed by atoms with Gasteiger partial charge in [-0.15, -0.1) is 0 Å². The summed E-state index contributed by atoms with van der Waals surface area (Å²) in [7, 11) is 1.90. The van der Waals surface area contributed by atoms with Gasteiger partial charge in [0.2, 0.25) is 0 Å². The van der Waals surface area contributed by atoms with Crippen molar-refractivity contribution in [1.29, 1.82) is 0 Å². The van der Waals surface area contributed by atoms with Crippen LogP contribution in [-0.4, -0.2) is 40.4 Å². The summed E-state index contributed by atoms with van der Waals surface area (Å²) in [4.78, 5) is 4.20. The summed E-state index contributed by atoms with van der Waals surface area (Å²) in [6, 6.07) is 0.658. The monoisotopic (exact) mass is 223 g/mol. The fourth-order valence-corrected chi connectivity index (χ4v) is 2.07. The van der Waals surface area contributed by atoms with Gasteiger partial charge in [0.25, 0.3) is 0 Å². The fraction of sp³-hybridized carbons (Fsp3) is 0.818. The first-order valence-electron chi connectivity index (χ1n) is 6.13. The largest absolute Gasteiger partial charge is 0.315 e. The predicted molar refractivity (Wildman–Crippen MR) is 63.2 cm³/mol. The van der Waals surface area contributed by atoms with E-state index < -0.39 is 0 Å². The molecule has 1 unspecified atom stereocenters. The molecule has 2 N–H and O–H groups in total. The highest BCUT2D eigenvalue weighted by atomic mass is 15.3. The van der Waals surface area contributed by atoms with Gasteiger partial charge in [-0.05, 0) is 19.4 Å². The molecule has 0 spiro atoms. The van der Waals surface area contributed by atoms with Crippen LogP contribution in [0.15, 0.2) is 6.33 Å². The Kier molecular flexibility index (Phi) is 4.30. The van der Waals surface area contributed by atoms with Crippen molar-refractivity contribution in [3.63, 3.8) is 0 Å². The van der Waals surface area contributed by atoms with Crippen LogP contribution in [0.3, 0.4) is 0 Å². The van der Waals surface area contributed by atoms with Gasteiger partial charge in [-0.3, -0.25) is 4.68 Å². The van der Waals surface area contributed by atoms with Crippen LogP contribution < -0.4 is 10.6 Å². The molecular formula is C11H21N5. The Labute approximate surface area is 96.6 Å². The molecule has 0 bridgehead atoms. The highest BCUT2D eigenvalue weighted by Crippen LogP contribution is 2.05. The molecule has 0 radical (unpaired) electrons. The number of hydrogen-bond donors (Lipinski definition) is 2. The Balaban J connectivity index is 1.57. The van der Waals surface area contributed by atoms with Crippen molar-refractivity contribution in [2.75, 3.05) is 19.6 Å². The molecule has 5 heteroatoms. The summed E-state index contributed by atoms with van der Waals surface area (Å²) >= 11 is 0. The van der Waals surface area contributed by atoms with Gasteiger partial charge < -0.3 is 10.6 Å². The molecule has 90 valence electrons. The van der Waals surface area contributed by atoms with Gasteiger partial charge in [0, 0.05) is 32.6 Å². The number of aromatic nitrogens is 3. The average Bonchev–Trinajstić information content (AvgIpc) is 2.72. The van der Waals surface area contributed by atoms with Crippen LogP contribution in [0.4, 0.5) is 0 Å². The Morgan fingerprint density at radius 3 is 3.19 bits per heavy atom. The molecular weight excluding hydrogens is 202 g/mol. The second-order valence-electron chi connectivity index (χ2n) is 4.44. The fourth-order valence-electron chi connectivity index (χ4n) is 2.07. The Morgan fingerprint density at radius 2 is 2.50 bits per heavy atom. The average molecular weight is 223 g/mol. The second-order valence-corrected chi connectivity index (χ2v) is 4.44. The minimum absolute atomic E-state index is 0.658. The highest BCUT2D eigenvalue weighted by Gasteiger charge is 2.11. The molecule has 1 atom stereocenters. The first-order chi connectivity index (χ1) is 7.84. The summed E-state index contributed by atoms with van der Waals surface area (Å²) in [5.74, 6) is 0.923. The van der Waals surface area contributed by atoms with Crippen LogP contribution in [0, 0.1) is 0 Å². The van der Waals surface area contributed by atoms with Crippen LogP contribution in [0.25, 0.3) is 0 Å². The predicted octanol–water partition coefficient (Wildman–Crippen LogP) is 0.0893. The van der Waals surface area contributed by atoms with E-state index in [0.29, 0.717) is 6.04 Å². The summed E-state index contributed by atoms with van der Waals surface area (Å²) in [6.45, 7) is 3.20. The van der Waals surface area contributed by atoms with Gasteiger partial charge >= 0.3 is 0 Å². The summed E-state index contributed by atoms with van der Waals surface area (Å²) in [6.07, 6.45) is 6.65. The Hall–Kier alpha value is -0.940. The zero-order chi connectivity index (χ0) is 11.2. The molecule has 1 fully saturated rings. The number of aryl methyl sites for hydroxylation is 1. The third kappa shape index (κ3) is 3.57. The normalized spacial score (nSPS) is 21.2. The topological polar surface area (TPSA) is 54.8 Å². The van der Waals surface area contributed by atoms with Crippen LogP contribution in [0.5, 0.6) is 0 Å². The molecule has 0 aliphatic carbocycles. The molecule has 0 aromatic carbocycles. The van der Waals surface area contributed by atoms with Crippen LogP contribution >= 0.6 is 0 Å². The zero-order valence-electron chi connectivity index (χ0n) is 9.95. The quantitative estimate of drug-likeness (QED) is 0.695. The maximum atomic E-state index is 4.24. The highest BCUT2D eigenvalue weighted by molar-refractivity contribution is 4.82. The van der Waals surface area contributed by atoms with E-state index >= 15 is 0 Å². The first-order valence-corrected chi connectivity index (χ1v) is 6.13. The molecule has 1 aliphatic rings. The van der Waals surface area contributed by atoms with E-state index in [0.717, 1.165) is 25.3 Å². The molecule has 1 aromatic heterocycles. The minimum atomic E-state index is 0.658. The van der Waals surface area contributed by atoms with Crippen LogP contribution in [0.2, 0.25) is 0 Å². The third-order valence-corrected chi connectivity index (χ3v) is 2.98. The second kappa shape index (κ2) is 5.96. The van der Waals surface area contributed by atoms with Gasteiger partial charge in [-0.25, -0.2) is 4.98 Å². The van der Waals surface area contributed by atoms with Gasteiger partial charge in [-0.2, -0.15) is 5.10 Å². The molecule has 1 aliphatic heterocycles. The lowest BCUT2D eigenvalue weighted by molar-refractivity contribution is 0.384. The molecule has 0 saturated carbocycles. The van der Waals surface area contributed by atoms with Crippen molar-refractivity contribution >= 4 is 0 Å². The molecule has 1 aromatic rings. The van der Waals surface area contributed by atoms with E-state index in [1.165, 1.54) is 25.8 Å². The van der Waals surface area contributed by atoms with Gasteiger partial charge in [0.05, 0.1) is 0 Å². The van der Waals surface area contributed by atoms with E-state index in [-0.39, 0.29) is 0 Å². The van der Waals surface area contributed by atoms with Crippen LogP contribution in [0.1, 0.15) is 25.1 Å². The van der Waals surface area contributed by atoms with Crippen molar-refractivity contribution in [3.05, 3.63) is 12.2 Å². The Bertz CT molecular complexity index is 303. The lowest BCUT2D eigenvalue weighted by atomic mass is 10.1. The molecule has 2 heterocycles. The van der Waals surface area contributed by atoms with Crippen molar-refractivity contribution in [1.82, 2.24) is 25.4 Å². The lowest BCUT2D eigenvalue weighted by Gasteiger charge is -2.23. The molecule has 0 amide bonds. The van der Waals surface area contributed by atoms with Crippen molar-refractivity contribution in [2.24, 2.45) is 7.05 Å². The molecule has 1 saturated heterocycles. The van der Waals surface area contributed by atoms with Crippen LogP contribution in [-0.2, 0) is 13.5 Å². The smallest absolute Gasteiger partial charge is 0.151 e. The molecule has 2 rings (SSSR count). The van der Waals surface area contributed by atoms with Gasteiger partial charge in [-0.1, -0.05) is 6.42 Å². The number of hydrogen-bond acceptors (Lipinski definition) is 4. The van der Waals surface area contributed by atoms with Crippen molar-refractivity contribution in [2.45, 2.75) is 31.7 Å².